The number of aromatic nitrogens is 1. The predicted octanol–water partition coefficient (Wildman–Crippen LogP) is 2.75. The second kappa shape index (κ2) is 6.00. The fourth-order valence-electron chi connectivity index (χ4n) is 1.74. The number of fused-ring (bicyclic) bond motifs is 1. The lowest BCUT2D eigenvalue weighted by atomic mass is 10.2. The van der Waals surface area contributed by atoms with Gasteiger partial charge in [-0.3, -0.25) is 4.79 Å². The molecule has 0 amide bonds. The largest absolute Gasteiger partial charge is 0.465 e. The van der Waals surface area contributed by atoms with Crippen molar-refractivity contribution in [1.29, 1.82) is 0 Å². The number of carbonyl (C=O) groups is 2. The zero-order chi connectivity index (χ0) is 14.7. The van der Waals surface area contributed by atoms with E-state index in [9.17, 15) is 9.59 Å². The van der Waals surface area contributed by atoms with E-state index in [1.165, 1.54) is 18.4 Å². The number of methoxy groups -OCH3 is 1. The molecule has 0 bridgehead atoms. The number of hydrogen-bond donors (Lipinski definition) is 0. The summed E-state index contributed by atoms with van der Waals surface area (Å²) < 4.78 is 10.6. The molecular weight excluding hydrogens is 278 g/mol. The quantitative estimate of drug-likeness (QED) is 0.811. The van der Waals surface area contributed by atoms with Gasteiger partial charge >= 0.3 is 11.9 Å². The third-order valence-electron chi connectivity index (χ3n) is 2.84. The van der Waals surface area contributed by atoms with Crippen molar-refractivity contribution in [2.75, 3.05) is 13.7 Å². The second-order valence-corrected chi connectivity index (χ2v) is 5.26. The molecular formula is C14H15NO4S. The highest BCUT2D eigenvalue weighted by atomic mass is 32.1. The van der Waals surface area contributed by atoms with Crippen LogP contribution in [0.5, 0.6) is 0 Å². The maximum Gasteiger partial charge on any atom is 0.337 e. The number of benzene rings is 1. The number of ether oxygens (including phenoxy) is 2. The lowest BCUT2D eigenvalue weighted by Gasteiger charge is -2.06. The van der Waals surface area contributed by atoms with Gasteiger partial charge in [0, 0.05) is 0 Å². The summed E-state index contributed by atoms with van der Waals surface area (Å²) in [6, 6.07) is 5.16. The van der Waals surface area contributed by atoms with Gasteiger partial charge in [0.15, 0.2) is 0 Å². The van der Waals surface area contributed by atoms with E-state index in [4.69, 9.17) is 4.74 Å². The molecule has 0 radical (unpaired) electrons. The SMILES string of the molecule is CCOC(=O)C(C)c1nc2cc(C(=O)OC)ccc2s1. The topological polar surface area (TPSA) is 65.5 Å². The molecule has 2 aromatic rings. The Morgan fingerprint density at radius 1 is 1.40 bits per heavy atom. The lowest BCUT2D eigenvalue weighted by molar-refractivity contribution is -0.144. The summed E-state index contributed by atoms with van der Waals surface area (Å²) in [5, 5.41) is 0.681. The predicted molar refractivity (Wildman–Crippen MR) is 76.0 cm³/mol. The van der Waals surface area contributed by atoms with Gasteiger partial charge in [0.05, 0.1) is 29.5 Å². The van der Waals surface area contributed by atoms with E-state index in [1.54, 1.807) is 32.0 Å². The molecule has 106 valence electrons. The van der Waals surface area contributed by atoms with Crippen molar-refractivity contribution >= 4 is 33.5 Å². The summed E-state index contributed by atoms with van der Waals surface area (Å²) >= 11 is 1.42. The van der Waals surface area contributed by atoms with Crippen LogP contribution in [0.4, 0.5) is 0 Å². The number of esters is 2. The Kier molecular flexibility index (Phi) is 4.34. The number of rotatable bonds is 4. The van der Waals surface area contributed by atoms with Crippen LogP contribution in [0.15, 0.2) is 18.2 Å². The monoisotopic (exact) mass is 293 g/mol. The summed E-state index contributed by atoms with van der Waals surface area (Å²) in [6.45, 7) is 3.88. The normalized spacial score (nSPS) is 12.2. The maximum absolute atomic E-state index is 11.7. The zero-order valence-electron chi connectivity index (χ0n) is 11.5. The molecule has 1 aromatic carbocycles. The van der Waals surface area contributed by atoms with E-state index >= 15 is 0 Å². The molecule has 2 rings (SSSR count). The summed E-state index contributed by atoms with van der Waals surface area (Å²) in [5.41, 5.74) is 1.13. The molecule has 0 aliphatic heterocycles. The van der Waals surface area contributed by atoms with Crippen LogP contribution < -0.4 is 0 Å². The highest BCUT2D eigenvalue weighted by Gasteiger charge is 2.21. The highest BCUT2D eigenvalue weighted by Crippen LogP contribution is 2.29. The van der Waals surface area contributed by atoms with Crippen molar-refractivity contribution in [2.45, 2.75) is 19.8 Å². The van der Waals surface area contributed by atoms with Crippen LogP contribution in [0.3, 0.4) is 0 Å². The first-order valence-electron chi connectivity index (χ1n) is 6.22. The Morgan fingerprint density at radius 2 is 2.15 bits per heavy atom. The molecule has 0 N–H and O–H groups in total. The van der Waals surface area contributed by atoms with Crippen LogP contribution in [0, 0.1) is 0 Å². The van der Waals surface area contributed by atoms with Crippen molar-refractivity contribution in [3.05, 3.63) is 28.8 Å². The van der Waals surface area contributed by atoms with E-state index in [-0.39, 0.29) is 5.97 Å². The van der Waals surface area contributed by atoms with Gasteiger partial charge in [-0.15, -0.1) is 11.3 Å². The van der Waals surface area contributed by atoms with Crippen molar-refractivity contribution in [3.8, 4) is 0 Å². The molecule has 0 fully saturated rings. The first-order chi connectivity index (χ1) is 9.56. The van der Waals surface area contributed by atoms with E-state index < -0.39 is 11.9 Å². The maximum atomic E-state index is 11.7. The minimum absolute atomic E-state index is 0.292. The molecule has 1 heterocycles. The van der Waals surface area contributed by atoms with Gasteiger partial charge in [-0.05, 0) is 32.0 Å². The van der Waals surface area contributed by atoms with Crippen LogP contribution in [0.2, 0.25) is 0 Å². The van der Waals surface area contributed by atoms with E-state index in [2.05, 4.69) is 9.72 Å². The van der Waals surface area contributed by atoms with Crippen molar-refractivity contribution < 1.29 is 19.1 Å². The first kappa shape index (κ1) is 14.5. The van der Waals surface area contributed by atoms with Gasteiger partial charge in [-0.1, -0.05) is 0 Å². The first-order valence-corrected chi connectivity index (χ1v) is 7.04. The number of thiazole rings is 1. The summed E-state index contributed by atoms with van der Waals surface area (Å²) in [5.74, 6) is -1.10. The number of carbonyl (C=O) groups excluding carboxylic acids is 2. The third kappa shape index (κ3) is 2.80. The third-order valence-corrected chi connectivity index (χ3v) is 4.05. The van der Waals surface area contributed by atoms with Gasteiger partial charge in [0.1, 0.15) is 10.9 Å². The summed E-state index contributed by atoms with van der Waals surface area (Å²) in [6.07, 6.45) is 0. The van der Waals surface area contributed by atoms with Gasteiger partial charge in [0.25, 0.3) is 0 Å². The Labute approximate surface area is 120 Å². The fourth-order valence-corrected chi connectivity index (χ4v) is 2.73. The van der Waals surface area contributed by atoms with Crippen LogP contribution >= 0.6 is 11.3 Å². The number of hydrogen-bond acceptors (Lipinski definition) is 6. The zero-order valence-corrected chi connectivity index (χ0v) is 12.3. The van der Waals surface area contributed by atoms with Crippen LogP contribution in [-0.4, -0.2) is 30.6 Å². The summed E-state index contributed by atoms with van der Waals surface area (Å²) in [4.78, 5) is 27.6. The Bertz CT molecular complexity index is 650. The van der Waals surface area contributed by atoms with E-state index in [0.29, 0.717) is 22.7 Å². The number of nitrogens with zero attached hydrogens (tertiary/aromatic N) is 1. The fraction of sp³-hybridized carbons (Fsp3) is 0.357. The average molecular weight is 293 g/mol. The minimum atomic E-state index is -0.408. The van der Waals surface area contributed by atoms with E-state index in [0.717, 1.165) is 4.70 Å². The molecule has 5 nitrogen and oxygen atoms in total. The van der Waals surface area contributed by atoms with Crippen molar-refractivity contribution in [2.24, 2.45) is 0 Å². The average Bonchev–Trinajstić information content (AvgIpc) is 2.88. The molecule has 6 heteroatoms. The highest BCUT2D eigenvalue weighted by molar-refractivity contribution is 7.18. The van der Waals surface area contributed by atoms with Crippen molar-refractivity contribution in [3.63, 3.8) is 0 Å². The molecule has 0 saturated carbocycles. The molecule has 0 spiro atoms. The molecule has 1 atom stereocenters. The molecule has 1 unspecified atom stereocenters. The van der Waals surface area contributed by atoms with Gasteiger partial charge < -0.3 is 9.47 Å². The van der Waals surface area contributed by atoms with Crippen LogP contribution in [0.1, 0.15) is 35.1 Å². The van der Waals surface area contributed by atoms with E-state index in [1.807, 2.05) is 0 Å². The molecule has 0 aliphatic rings. The molecule has 0 saturated heterocycles. The summed E-state index contributed by atoms with van der Waals surface area (Å²) in [7, 11) is 1.34. The molecule has 1 aromatic heterocycles. The van der Waals surface area contributed by atoms with Gasteiger partial charge in [-0.2, -0.15) is 0 Å². The van der Waals surface area contributed by atoms with Crippen LogP contribution in [0.25, 0.3) is 10.2 Å². The van der Waals surface area contributed by atoms with Gasteiger partial charge in [0.2, 0.25) is 0 Å². The van der Waals surface area contributed by atoms with Crippen molar-refractivity contribution in [1.82, 2.24) is 4.98 Å². The lowest BCUT2D eigenvalue weighted by Crippen LogP contribution is -2.12. The molecule has 20 heavy (non-hydrogen) atoms. The Balaban J connectivity index is 2.34. The Hall–Kier alpha value is -1.95. The van der Waals surface area contributed by atoms with Crippen LogP contribution in [-0.2, 0) is 14.3 Å². The Morgan fingerprint density at radius 3 is 2.80 bits per heavy atom. The molecule has 0 aliphatic carbocycles. The minimum Gasteiger partial charge on any atom is -0.465 e. The second-order valence-electron chi connectivity index (χ2n) is 4.20. The van der Waals surface area contributed by atoms with Gasteiger partial charge in [-0.25, -0.2) is 9.78 Å². The smallest absolute Gasteiger partial charge is 0.337 e. The standard InChI is InChI=1S/C14H15NO4S/c1-4-19-13(16)8(2)12-15-10-7-9(14(17)18-3)5-6-11(10)20-12/h5-8H,4H2,1-3H3.